The maximum absolute atomic E-state index is 11.8. The summed E-state index contributed by atoms with van der Waals surface area (Å²) in [7, 11) is 0. The van der Waals surface area contributed by atoms with Crippen LogP contribution in [0.1, 0.15) is 17.4 Å². The van der Waals surface area contributed by atoms with Crippen molar-refractivity contribution in [2.75, 3.05) is 6.61 Å². The lowest BCUT2D eigenvalue weighted by Crippen LogP contribution is -2.05. The molecule has 0 unspecified atom stereocenters. The highest BCUT2D eigenvalue weighted by molar-refractivity contribution is 9.10. The van der Waals surface area contributed by atoms with Gasteiger partial charge in [-0.1, -0.05) is 18.2 Å². The molecule has 0 fully saturated rings. The molecule has 6 heteroatoms. The summed E-state index contributed by atoms with van der Waals surface area (Å²) in [4.78, 5) is 16.2. The topological polar surface area (TPSA) is 63.8 Å². The SMILES string of the molecule is CCOc1ccccc1-c1nc2cccc(Br)n2c1C(=O)O. The van der Waals surface area contributed by atoms with E-state index in [4.69, 9.17) is 4.74 Å². The van der Waals surface area contributed by atoms with Crippen LogP contribution in [0.5, 0.6) is 5.75 Å². The summed E-state index contributed by atoms with van der Waals surface area (Å²) in [6.07, 6.45) is 0. The van der Waals surface area contributed by atoms with Gasteiger partial charge in [0.2, 0.25) is 0 Å². The van der Waals surface area contributed by atoms with E-state index in [0.29, 0.717) is 33.9 Å². The second-order valence-electron chi connectivity index (χ2n) is 4.59. The highest BCUT2D eigenvalue weighted by Crippen LogP contribution is 2.33. The fraction of sp³-hybridized carbons (Fsp3) is 0.125. The fourth-order valence-electron chi connectivity index (χ4n) is 2.38. The first-order valence-electron chi connectivity index (χ1n) is 6.76. The van der Waals surface area contributed by atoms with Crippen molar-refractivity contribution in [3.8, 4) is 17.0 Å². The van der Waals surface area contributed by atoms with Gasteiger partial charge in [0.1, 0.15) is 17.1 Å². The van der Waals surface area contributed by atoms with Crippen LogP contribution in [0.2, 0.25) is 0 Å². The van der Waals surface area contributed by atoms with Crippen LogP contribution in [0.25, 0.3) is 16.9 Å². The molecule has 0 spiro atoms. The van der Waals surface area contributed by atoms with Crippen LogP contribution >= 0.6 is 15.9 Å². The quantitative estimate of drug-likeness (QED) is 0.717. The van der Waals surface area contributed by atoms with E-state index < -0.39 is 5.97 Å². The second kappa shape index (κ2) is 5.81. The lowest BCUT2D eigenvalue weighted by molar-refractivity contribution is 0.0690. The molecule has 3 rings (SSSR count). The summed E-state index contributed by atoms with van der Waals surface area (Å²) in [5.41, 5.74) is 1.73. The summed E-state index contributed by atoms with van der Waals surface area (Å²) in [5.74, 6) is -0.423. The Kier molecular flexibility index (Phi) is 3.85. The maximum Gasteiger partial charge on any atom is 0.355 e. The van der Waals surface area contributed by atoms with E-state index in [2.05, 4.69) is 20.9 Å². The molecular formula is C16H13BrN2O3. The molecule has 5 nitrogen and oxygen atoms in total. The molecule has 0 saturated carbocycles. The second-order valence-corrected chi connectivity index (χ2v) is 5.40. The third kappa shape index (κ3) is 2.35. The van der Waals surface area contributed by atoms with Gasteiger partial charge < -0.3 is 9.84 Å². The molecule has 0 amide bonds. The Labute approximate surface area is 135 Å². The molecule has 0 atom stereocenters. The third-order valence-electron chi connectivity index (χ3n) is 3.24. The van der Waals surface area contributed by atoms with Crippen molar-refractivity contribution < 1.29 is 14.6 Å². The Morgan fingerprint density at radius 1 is 1.27 bits per heavy atom. The minimum Gasteiger partial charge on any atom is -0.493 e. The number of imidazole rings is 1. The van der Waals surface area contributed by atoms with Crippen LogP contribution in [-0.4, -0.2) is 27.1 Å². The number of carboxylic acids is 1. The van der Waals surface area contributed by atoms with Crippen molar-refractivity contribution in [2.24, 2.45) is 0 Å². The molecule has 2 heterocycles. The van der Waals surface area contributed by atoms with Gasteiger partial charge in [-0.05, 0) is 47.1 Å². The fourth-order valence-corrected chi connectivity index (χ4v) is 2.89. The highest BCUT2D eigenvalue weighted by atomic mass is 79.9. The molecule has 112 valence electrons. The predicted molar refractivity (Wildman–Crippen MR) is 86.5 cm³/mol. The van der Waals surface area contributed by atoms with Gasteiger partial charge in [0.05, 0.1) is 11.2 Å². The van der Waals surface area contributed by atoms with Gasteiger partial charge in [0.25, 0.3) is 0 Å². The number of aromatic carboxylic acids is 1. The standard InChI is InChI=1S/C16H13BrN2O3/c1-2-22-11-7-4-3-6-10(11)14-15(16(20)21)19-12(17)8-5-9-13(19)18-14/h3-9H,2H2,1H3,(H,20,21). The molecule has 22 heavy (non-hydrogen) atoms. The number of aromatic nitrogens is 2. The van der Waals surface area contributed by atoms with Crippen molar-refractivity contribution in [1.82, 2.24) is 9.38 Å². The highest BCUT2D eigenvalue weighted by Gasteiger charge is 2.23. The molecule has 0 aliphatic rings. The lowest BCUT2D eigenvalue weighted by atomic mass is 10.1. The van der Waals surface area contributed by atoms with E-state index in [0.717, 1.165) is 0 Å². The number of benzene rings is 1. The number of pyridine rings is 1. The van der Waals surface area contributed by atoms with E-state index in [1.54, 1.807) is 16.5 Å². The average molecular weight is 361 g/mol. The third-order valence-corrected chi connectivity index (χ3v) is 3.86. The van der Waals surface area contributed by atoms with E-state index in [1.807, 2.05) is 37.3 Å². The van der Waals surface area contributed by atoms with E-state index in [1.165, 1.54) is 0 Å². The van der Waals surface area contributed by atoms with Gasteiger partial charge in [-0.3, -0.25) is 4.40 Å². The summed E-state index contributed by atoms with van der Waals surface area (Å²) in [6, 6.07) is 12.7. The average Bonchev–Trinajstić information content (AvgIpc) is 2.89. The van der Waals surface area contributed by atoms with Crippen molar-refractivity contribution in [3.05, 3.63) is 52.8 Å². The predicted octanol–water partition coefficient (Wildman–Crippen LogP) is 3.86. The number of hydrogen-bond acceptors (Lipinski definition) is 3. The minimum atomic E-state index is -1.04. The van der Waals surface area contributed by atoms with Crippen molar-refractivity contribution in [1.29, 1.82) is 0 Å². The number of fused-ring (bicyclic) bond motifs is 1. The smallest absolute Gasteiger partial charge is 0.355 e. The molecule has 1 aromatic carbocycles. The first-order valence-corrected chi connectivity index (χ1v) is 7.55. The largest absolute Gasteiger partial charge is 0.493 e. The summed E-state index contributed by atoms with van der Waals surface area (Å²) < 4.78 is 7.80. The Morgan fingerprint density at radius 3 is 2.77 bits per heavy atom. The van der Waals surface area contributed by atoms with Crippen LogP contribution < -0.4 is 4.74 Å². The first-order chi connectivity index (χ1) is 10.6. The van der Waals surface area contributed by atoms with Gasteiger partial charge in [-0.25, -0.2) is 9.78 Å². The maximum atomic E-state index is 11.8. The number of nitrogens with zero attached hydrogens (tertiary/aromatic N) is 2. The molecule has 1 N–H and O–H groups in total. The van der Waals surface area contributed by atoms with E-state index in [-0.39, 0.29) is 5.69 Å². The molecule has 0 radical (unpaired) electrons. The van der Waals surface area contributed by atoms with E-state index in [9.17, 15) is 9.90 Å². The van der Waals surface area contributed by atoms with Crippen LogP contribution in [0.3, 0.4) is 0 Å². The van der Waals surface area contributed by atoms with Gasteiger partial charge in [0.15, 0.2) is 5.69 Å². The molecular weight excluding hydrogens is 348 g/mol. The summed E-state index contributed by atoms with van der Waals surface area (Å²) >= 11 is 3.38. The van der Waals surface area contributed by atoms with Crippen LogP contribution in [0, 0.1) is 0 Å². The molecule has 0 aliphatic heterocycles. The minimum absolute atomic E-state index is 0.106. The van der Waals surface area contributed by atoms with E-state index >= 15 is 0 Å². The number of para-hydroxylation sites is 1. The Hall–Kier alpha value is -2.34. The van der Waals surface area contributed by atoms with Crippen molar-refractivity contribution in [3.63, 3.8) is 0 Å². The van der Waals surface area contributed by atoms with Crippen molar-refractivity contribution in [2.45, 2.75) is 6.92 Å². The number of carbonyl (C=O) groups is 1. The number of carboxylic acid groups (broad SMARTS) is 1. The lowest BCUT2D eigenvalue weighted by Gasteiger charge is -2.09. The first kappa shape index (κ1) is 14.6. The Morgan fingerprint density at radius 2 is 2.05 bits per heavy atom. The van der Waals surface area contributed by atoms with Gasteiger partial charge in [-0.2, -0.15) is 0 Å². The van der Waals surface area contributed by atoms with Gasteiger partial charge in [-0.15, -0.1) is 0 Å². The number of halogens is 1. The Balaban J connectivity index is 2.34. The summed E-state index contributed by atoms with van der Waals surface area (Å²) in [6.45, 7) is 2.38. The zero-order valence-corrected chi connectivity index (χ0v) is 13.4. The number of hydrogen-bond donors (Lipinski definition) is 1. The van der Waals surface area contributed by atoms with Gasteiger partial charge >= 0.3 is 5.97 Å². The molecule has 0 bridgehead atoms. The van der Waals surface area contributed by atoms with Crippen molar-refractivity contribution >= 4 is 27.5 Å². The molecule has 2 aromatic heterocycles. The number of ether oxygens (including phenoxy) is 1. The molecule has 0 aliphatic carbocycles. The number of rotatable bonds is 4. The summed E-state index contributed by atoms with van der Waals surface area (Å²) in [5, 5.41) is 9.64. The zero-order valence-electron chi connectivity index (χ0n) is 11.8. The van der Waals surface area contributed by atoms with Crippen LogP contribution in [0.4, 0.5) is 0 Å². The van der Waals surface area contributed by atoms with Gasteiger partial charge in [0, 0.05) is 5.56 Å². The van der Waals surface area contributed by atoms with Crippen LogP contribution in [0.15, 0.2) is 47.1 Å². The van der Waals surface area contributed by atoms with Crippen LogP contribution in [-0.2, 0) is 0 Å². The normalized spacial score (nSPS) is 10.8. The monoisotopic (exact) mass is 360 g/mol. The Bertz CT molecular complexity index is 858. The molecule has 3 aromatic rings. The molecule has 0 saturated heterocycles. The zero-order chi connectivity index (χ0) is 15.7.